The summed E-state index contributed by atoms with van der Waals surface area (Å²) in [6, 6.07) is 0. The van der Waals surface area contributed by atoms with Crippen molar-refractivity contribution in [2.24, 2.45) is 5.73 Å². The highest BCUT2D eigenvalue weighted by Crippen LogP contribution is 1.86. The molecule has 0 radical (unpaired) electrons. The van der Waals surface area contributed by atoms with Gasteiger partial charge in [-0.1, -0.05) is 13.2 Å². The zero-order valence-corrected chi connectivity index (χ0v) is 10.3. The molecule has 0 aliphatic rings. The maximum atomic E-state index is 9.82. The SMILES string of the molecule is C=C(C)C(N)=O.C=CC[N+](C)(C)C.[Cl-]. The van der Waals surface area contributed by atoms with Crippen LogP contribution in [0.15, 0.2) is 24.8 Å². The number of quaternary nitrogens is 1. The molecule has 2 N–H and O–H groups in total. The van der Waals surface area contributed by atoms with Crippen molar-refractivity contribution in [1.82, 2.24) is 0 Å². The number of rotatable bonds is 3. The number of amides is 1. The van der Waals surface area contributed by atoms with Gasteiger partial charge in [0.2, 0.25) is 5.91 Å². The predicted molar refractivity (Wildman–Crippen MR) is 57.1 cm³/mol. The van der Waals surface area contributed by atoms with Gasteiger partial charge >= 0.3 is 0 Å². The van der Waals surface area contributed by atoms with Crippen molar-refractivity contribution < 1.29 is 21.7 Å². The number of hydrogen-bond donors (Lipinski definition) is 1. The summed E-state index contributed by atoms with van der Waals surface area (Å²) >= 11 is 0. The van der Waals surface area contributed by atoms with Crippen molar-refractivity contribution in [3.05, 3.63) is 24.8 Å². The average molecular weight is 221 g/mol. The molecule has 0 aliphatic heterocycles. The van der Waals surface area contributed by atoms with Crippen molar-refractivity contribution in [2.45, 2.75) is 6.92 Å². The van der Waals surface area contributed by atoms with Crippen LogP contribution in [-0.2, 0) is 4.79 Å². The largest absolute Gasteiger partial charge is 1.00 e. The molecular formula is C10H21ClN2O. The Bertz CT molecular complexity index is 183. The Morgan fingerprint density at radius 3 is 1.71 bits per heavy atom. The first kappa shape index (κ1) is 18.9. The van der Waals surface area contributed by atoms with Crippen LogP contribution in [0.2, 0.25) is 0 Å². The lowest BCUT2D eigenvalue weighted by atomic mass is 10.3. The van der Waals surface area contributed by atoms with E-state index in [-0.39, 0.29) is 12.4 Å². The molecule has 1 amide bonds. The summed E-state index contributed by atoms with van der Waals surface area (Å²) in [6.07, 6.45) is 1.93. The van der Waals surface area contributed by atoms with E-state index in [1.165, 1.54) is 0 Å². The molecule has 4 heteroatoms. The molecule has 0 heterocycles. The minimum absolute atomic E-state index is 0. The number of hydrogen-bond acceptors (Lipinski definition) is 1. The lowest BCUT2D eigenvalue weighted by Gasteiger charge is -2.21. The topological polar surface area (TPSA) is 43.1 Å². The zero-order chi connectivity index (χ0) is 11.1. The highest BCUT2D eigenvalue weighted by Gasteiger charge is 1.99. The van der Waals surface area contributed by atoms with Crippen LogP contribution >= 0.6 is 0 Å². The van der Waals surface area contributed by atoms with E-state index in [2.05, 4.69) is 34.3 Å². The molecule has 0 fully saturated rings. The maximum Gasteiger partial charge on any atom is 0.243 e. The molecule has 0 aliphatic carbocycles. The van der Waals surface area contributed by atoms with E-state index in [0.717, 1.165) is 11.0 Å². The Morgan fingerprint density at radius 2 is 1.71 bits per heavy atom. The van der Waals surface area contributed by atoms with Crippen LogP contribution in [0.1, 0.15) is 6.92 Å². The standard InChI is InChI=1S/C6H14N.C4H7NO.ClH/c1-5-6-7(2,3)4;1-3(2)4(5)6;/h5H,1,6H2,2-4H3;1H2,2H3,(H2,5,6);1H/q+1;;/p-1. The third kappa shape index (κ3) is 22.5. The van der Waals surface area contributed by atoms with E-state index < -0.39 is 5.91 Å². The molecule has 0 unspecified atom stereocenters. The Labute approximate surface area is 93.3 Å². The molecular weight excluding hydrogens is 200 g/mol. The molecule has 3 nitrogen and oxygen atoms in total. The summed E-state index contributed by atoms with van der Waals surface area (Å²) in [5.74, 6) is -0.435. The molecule has 0 saturated heterocycles. The van der Waals surface area contributed by atoms with Gasteiger partial charge in [-0.15, -0.1) is 0 Å². The molecule has 0 rings (SSSR count). The lowest BCUT2D eigenvalue weighted by Crippen LogP contribution is -3.00. The van der Waals surface area contributed by atoms with Crippen LogP contribution < -0.4 is 18.1 Å². The highest BCUT2D eigenvalue weighted by molar-refractivity contribution is 5.90. The average Bonchev–Trinajstić information content (AvgIpc) is 1.85. The van der Waals surface area contributed by atoms with Gasteiger partial charge in [0.05, 0.1) is 27.7 Å². The number of likely N-dealkylation sites (N-methyl/N-ethyl adjacent to an activating group) is 1. The minimum atomic E-state index is -0.435. The van der Waals surface area contributed by atoms with Crippen LogP contribution in [0.25, 0.3) is 0 Å². The Balaban J connectivity index is -0.000000163. The van der Waals surface area contributed by atoms with E-state index in [0.29, 0.717) is 5.57 Å². The zero-order valence-electron chi connectivity index (χ0n) is 9.51. The normalized spacial score (nSPS) is 8.86. The second-order valence-electron chi connectivity index (χ2n) is 3.91. The molecule has 14 heavy (non-hydrogen) atoms. The fraction of sp³-hybridized carbons (Fsp3) is 0.500. The van der Waals surface area contributed by atoms with Crippen LogP contribution in [0, 0.1) is 0 Å². The Morgan fingerprint density at radius 1 is 1.43 bits per heavy atom. The van der Waals surface area contributed by atoms with Crippen LogP contribution in [0.4, 0.5) is 0 Å². The van der Waals surface area contributed by atoms with Gasteiger partial charge in [0.15, 0.2) is 0 Å². The molecule has 0 aromatic rings. The van der Waals surface area contributed by atoms with Crippen molar-refractivity contribution >= 4 is 5.91 Å². The predicted octanol–water partition coefficient (Wildman–Crippen LogP) is -2.07. The van der Waals surface area contributed by atoms with Gasteiger partial charge in [0.25, 0.3) is 0 Å². The smallest absolute Gasteiger partial charge is 0.243 e. The first-order valence-corrected chi connectivity index (χ1v) is 4.07. The third-order valence-electron chi connectivity index (χ3n) is 1.10. The van der Waals surface area contributed by atoms with Crippen molar-refractivity contribution in [3.63, 3.8) is 0 Å². The first-order chi connectivity index (χ1) is 5.70. The van der Waals surface area contributed by atoms with Gasteiger partial charge in [-0.3, -0.25) is 4.79 Å². The summed E-state index contributed by atoms with van der Waals surface area (Å²) in [4.78, 5) is 9.82. The van der Waals surface area contributed by atoms with Crippen molar-refractivity contribution in [1.29, 1.82) is 0 Å². The quantitative estimate of drug-likeness (QED) is 0.332. The Hall–Kier alpha value is -0.800. The molecule has 0 saturated carbocycles. The first-order valence-electron chi connectivity index (χ1n) is 4.07. The van der Waals surface area contributed by atoms with Crippen LogP contribution in [0.3, 0.4) is 0 Å². The molecule has 84 valence electrons. The van der Waals surface area contributed by atoms with Crippen molar-refractivity contribution in [2.75, 3.05) is 27.7 Å². The van der Waals surface area contributed by atoms with Crippen LogP contribution in [-0.4, -0.2) is 38.1 Å². The number of primary amides is 1. The third-order valence-corrected chi connectivity index (χ3v) is 1.10. The molecule has 0 spiro atoms. The van der Waals surface area contributed by atoms with E-state index in [1.807, 2.05) is 6.08 Å². The van der Waals surface area contributed by atoms with Gasteiger partial charge in [0, 0.05) is 5.57 Å². The number of nitrogens with two attached hydrogens (primary N) is 1. The van der Waals surface area contributed by atoms with Gasteiger partial charge in [-0.05, 0) is 13.0 Å². The number of carbonyl (C=O) groups excluding carboxylic acids is 1. The van der Waals surface area contributed by atoms with Gasteiger partial charge in [0.1, 0.15) is 0 Å². The Kier molecular flexibility index (Phi) is 11.8. The van der Waals surface area contributed by atoms with Crippen LogP contribution in [0.5, 0.6) is 0 Å². The fourth-order valence-electron chi connectivity index (χ4n) is 0.387. The monoisotopic (exact) mass is 220 g/mol. The molecule has 0 bridgehead atoms. The number of halogens is 1. The second-order valence-corrected chi connectivity index (χ2v) is 3.91. The van der Waals surface area contributed by atoms with Gasteiger partial charge in [-0.2, -0.15) is 0 Å². The summed E-state index contributed by atoms with van der Waals surface area (Å²) in [5.41, 5.74) is 5.09. The number of nitrogens with zero attached hydrogens (tertiary/aromatic N) is 1. The summed E-state index contributed by atoms with van der Waals surface area (Å²) in [5, 5.41) is 0. The highest BCUT2D eigenvalue weighted by atomic mass is 35.5. The molecule has 0 atom stereocenters. The molecule has 0 aromatic heterocycles. The minimum Gasteiger partial charge on any atom is -1.00 e. The number of carbonyl (C=O) groups is 1. The van der Waals surface area contributed by atoms with Gasteiger partial charge < -0.3 is 22.6 Å². The second kappa shape index (κ2) is 8.78. The maximum absolute atomic E-state index is 9.82. The summed E-state index contributed by atoms with van der Waals surface area (Å²) in [6.45, 7) is 9.52. The molecule has 0 aromatic carbocycles. The van der Waals surface area contributed by atoms with E-state index >= 15 is 0 Å². The van der Waals surface area contributed by atoms with Crippen molar-refractivity contribution in [3.8, 4) is 0 Å². The fourth-order valence-corrected chi connectivity index (χ4v) is 0.387. The summed E-state index contributed by atoms with van der Waals surface area (Å²) in [7, 11) is 6.42. The van der Waals surface area contributed by atoms with E-state index in [4.69, 9.17) is 5.73 Å². The van der Waals surface area contributed by atoms with E-state index in [9.17, 15) is 4.79 Å². The summed E-state index contributed by atoms with van der Waals surface area (Å²) < 4.78 is 0.976. The van der Waals surface area contributed by atoms with E-state index in [1.54, 1.807) is 6.92 Å². The lowest BCUT2D eigenvalue weighted by molar-refractivity contribution is -0.864. The van der Waals surface area contributed by atoms with Gasteiger partial charge in [-0.25, -0.2) is 0 Å².